The van der Waals surface area contributed by atoms with E-state index in [-0.39, 0.29) is 11.4 Å². The molecule has 1 aromatic rings. The number of hydrogen-bond acceptors (Lipinski definition) is 2. The summed E-state index contributed by atoms with van der Waals surface area (Å²) in [5.41, 5.74) is 4.28. The Labute approximate surface area is 132 Å². The zero-order valence-electron chi connectivity index (χ0n) is 13.2. The van der Waals surface area contributed by atoms with E-state index in [4.69, 9.17) is 11.6 Å². The summed E-state index contributed by atoms with van der Waals surface area (Å²) in [6.07, 6.45) is 1.93. The maximum Gasteiger partial charge on any atom is 0.243 e. The molecule has 0 N–H and O–H groups in total. The predicted molar refractivity (Wildman–Crippen MR) is 87.9 cm³/mol. The van der Waals surface area contributed by atoms with Crippen LogP contribution in [0.3, 0.4) is 0 Å². The van der Waals surface area contributed by atoms with E-state index in [1.165, 1.54) is 11.1 Å². The number of alkyl halides is 1. The number of carbonyl (C=O) groups excluding carboxylic acids is 1. The van der Waals surface area contributed by atoms with Crippen molar-refractivity contribution in [2.24, 2.45) is 5.10 Å². The van der Waals surface area contributed by atoms with Crippen LogP contribution in [0.25, 0.3) is 0 Å². The van der Waals surface area contributed by atoms with E-state index >= 15 is 0 Å². The predicted octanol–water partition coefficient (Wildman–Crippen LogP) is 4.04. The smallest absolute Gasteiger partial charge is 0.243 e. The molecule has 1 aliphatic heterocycles. The molecule has 0 saturated carbocycles. The first-order chi connectivity index (χ1) is 9.83. The van der Waals surface area contributed by atoms with Crippen LogP contribution in [-0.4, -0.2) is 28.0 Å². The summed E-state index contributed by atoms with van der Waals surface area (Å²) in [6, 6.07) is 6.41. The summed E-state index contributed by atoms with van der Waals surface area (Å²) in [5, 5.41) is 6.25. The van der Waals surface area contributed by atoms with E-state index in [1.54, 1.807) is 5.01 Å². The van der Waals surface area contributed by atoms with E-state index < -0.39 is 0 Å². The van der Waals surface area contributed by atoms with Crippen molar-refractivity contribution in [3.8, 4) is 0 Å². The van der Waals surface area contributed by atoms with E-state index in [9.17, 15) is 4.79 Å². The monoisotopic (exact) mass is 306 g/mol. The Morgan fingerprint density at radius 1 is 1.29 bits per heavy atom. The normalized spacial score (nSPS) is 17.0. The van der Waals surface area contributed by atoms with E-state index in [2.05, 4.69) is 51.0 Å². The molecule has 2 rings (SSSR count). The molecule has 1 aliphatic rings. The first-order valence-electron chi connectivity index (χ1n) is 7.38. The Morgan fingerprint density at radius 2 is 1.90 bits per heavy atom. The summed E-state index contributed by atoms with van der Waals surface area (Å²) in [6.45, 7) is 8.29. The molecule has 1 heterocycles. The molecule has 0 atom stereocenters. The third kappa shape index (κ3) is 3.65. The highest BCUT2D eigenvalue weighted by atomic mass is 35.5. The van der Waals surface area contributed by atoms with Crippen LogP contribution in [0.1, 0.15) is 49.8 Å². The summed E-state index contributed by atoms with van der Waals surface area (Å²) in [5.74, 6) is 0.563. The Bertz CT molecular complexity index is 558. The molecule has 114 valence electrons. The van der Waals surface area contributed by atoms with Crippen molar-refractivity contribution in [1.82, 2.24) is 5.01 Å². The van der Waals surface area contributed by atoms with Gasteiger partial charge in [0.2, 0.25) is 5.91 Å². The first kappa shape index (κ1) is 16.0. The van der Waals surface area contributed by atoms with Gasteiger partial charge in [-0.15, -0.1) is 11.6 Å². The standard InChI is InChI=1S/C17H23ClN2O/c1-12-8-13(2)10-14(9-12)15-11-17(3,4)20(19-15)16(21)6-5-7-18/h8-10H,5-7,11H2,1-4H3. The van der Waals surface area contributed by atoms with Crippen molar-refractivity contribution in [3.05, 3.63) is 34.9 Å². The van der Waals surface area contributed by atoms with Crippen LogP contribution in [0.4, 0.5) is 0 Å². The van der Waals surface area contributed by atoms with Gasteiger partial charge in [0.1, 0.15) is 0 Å². The van der Waals surface area contributed by atoms with Crippen LogP contribution in [0, 0.1) is 13.8 Å². The zero-order valence-corrected chi connectivity index (χ0v) is 14.0. The molecule has 0 radical (unpaired) electrons. The van der Waals surface area contributed by atoms with Crippen LogP contribution < -0.4 is 0 Å². The lowest BCUT2D eigenvalue weighted by Gasteiger charge is -2.28. The number of amides is 1. The third-order valence-corrected chi connectivity index (χ3v) is 3.98. The minimum atomic E-state index is -0.267. The van der Waals surface area contributed by atoms with Crippen molar-refractivity contribution in [2.75, 3.05) is 5.88 Å². The van der Waals surface area contributed by atoms with Gasteiger partial charge < -0.3 is 0 Å². The molecule has 1 amide bonds. The SMILES string of the molecule is Cc1cc(C)cc(C2=NN(C(=O)CCCCl)C(C)(C)C2)c1. The highest BCUT2D eigenvalue weighted by molar-refractivity contribution is 6.17. The van der Waals surface area contributed by atoms with Crippen LogP contribution in [0.2, 0.25) is 0 Å². The molecule has 1 aromatic carbocycles. The van der Waals surface area contributed by atoms with Gasteiger partial charge in [-0.1, -0.05) is 29.3 Å². The molecule has 0 spiro atoms. The van der Waals surface area contributed by atoms with Crippen molar-refractivity contribution in [1.29, 1.82) is 0 Å². The second-order valence-electron chi connectivity index (χ2n) is 6.41. The summed E-state index contributed by atoms with van der Waals surface area (Å²) in [7, 11) is 0. The highest BCUT2D eigenvalue weighted by Gasteiger charge is 2.38. The molecule has 3 nitrogen and oxygen atoms in total. The van der Waals surface area contributed by atoms with Crippen molar-refractivity contribution >= 4 is 23.2 Å². The molecule has 0 fully saturated rings. The summed E-state index contributed by atoms with van der Waals surface area (Å²) < 4.78 is 0. The molecule has 0 saturated heterocycles. The minimum Gasteiger partial charge on any atom is -0.273 e. The molecule has 0 bridgehead atoms. The Balaban J connectivity index is 2.27. The molecular formula is C17H23ClN2O. The van der Waals surface area contributed by atoms with E-state index in [0.717, 1.165) is 17.7 Å². The number of rotatable bonds is 4. The Kier molecular flexibility index (Phi) is 4.72. The van der Waals surface area contributed by atoms with Crippen LogP contribution in [-0.2, 0) is 4.79 Å². The number of hydrogen-bond donors (Lipinski definition) is 0. The summed E-state index contributed by atoms with van der Waals surface area (Å²) in [4.78, 5) is 12.3. The topological polar surface area (TPSA) is 32.7 Å². The molecule has 0 unspecified atom stereocenters. The zero-order chi connectivity index (χ0) is 15.6. The number of benzene rings is 1. The largest absolute Gasteiger partial charge is 0.273 e. The van der Waals surface area contributed by atoms with Gasteiger partial charge >= 0.3 is 0 Å². The average molecular weight is 307 g/mol. The molecule has 4 heteroatoms. The minimum absolute atomic E-state index is 0.0556. The van der Waals surface area contributed by atoms with E-state index in [0.29, 0.717) is 18.7 Å². The number of carbonyl (C=O) groups is 1. The maximum atomic E-state index is 12.3. The quantitative estimate of drug-likeness (QED) is 0.773. The second-order valence-corrected chi connectivity index (χ2v) is 6.79. The Hall–Kier alpha value is -1.35. The van der Waals surface area contributed by atoms with E-state index in [1.807, 2.05) is 0 Å². The van der Waals surface area contributed by atoms with Gasteiger partial charge in [-0.05, 0) is 39.7 Å². The van der Waals surface area contributed by atoms with Crippen molar-refractivity contribution < 1.29 is 4.79 Å². The maximum absolute atomic E-state index is 12.3. The lowest BCUT2D eigenvalue weighted by atomic mass is 9.93. The molecular weight excluding hydrogens is 284 g/mol. The van der Waals surface area contributed by atoms with Gasteiger partial charge in [0.15, 0.2) is 0 Å². The molecule has 0 aromatic heterocycles. The van der Waals surface area contributed by atoms with Crippen molar-refractivity contribution in [3.63, 3.8) is 0 Å². The molecule has 21 heavy (non-hydrogen) atoms. The van der Waals surface area contributed by atoms with Crippen molar-refractivity contribution in [2.45, 2.75) is 52.5 Å². The fraction of sp³-hybridized carbons (Fsp3) is 0.529. The number of hydrazone groups is 1. The van der Waals surface area contributed by atoms with Crippen LogP contribution in [0.15, 0.2) is 23.3 Å². The fourth-order valence-electron chi connectivity index (χ4n) is 2.79. The number of halogens is 1. The van der Waals surface area contributed by atoms with Gasteiger partial charge in [-0.25, -0.2) is 5.01 Å². The average Bonchev–Trinajstić information content (AvgIpc) is 2.71. The van der Waals surface area contributed by atoms with Gasteiger partial charge in [0.05, 0.1) is 11.3 Å². The lowest BCUT2D eigenvalue weighted by molar-refractivity contribution is -0.135. The summed E-state index contributed by atoms with van der Waals surface area (Å²) >= 11 is 5.68. The van der Waals surface area contributed by atoms with Gasteiger partial charge in [0.25, 0.3) is 0 Å². The molecule has 0 aliphatic carbocycles. The van der Waals surface area contributed by atoms with Crippen LogP contribution >= 0.6 is 11.6 Å². The third-order valence-electron chi connectivity index (χ3n) is 3.71. The van der Waals surface area contributed by atoms with Crippen LogP contribution in [0.5, 0.6) is 0 Å². The van der Waals surface area contributed by atoms with Gasteiger partial charge in [0, 0.05) is 18.7 Å². The second kappa shape index (κ2) is 6.18. The first-order valence-corrected chi connectivity index (χ1v) is 7.92. The van der Waals surface area contributed by atoms with Gasteiger partial charge in [-0.3, -0.25) is 4.79 Å². The van der Waals surface area contributed by atoms with Gasteiger partial charge in [-0.2, -0.15) is 5.10 Å². The highest BCUT2D eigenvalue weighted by Crippen LogP contribution is 2.30. The fourth-order valence-corrected chi connectivity index (χ4v) is 2.93. The Morgan fingerprint density at radius 3 is 2.48 bits per heavy atom. The lowest BCUT2D eigenvalue weighted by Crippen LogP contribution is -2.40. The number of nitrogens with zero attached hydrogens (tertiary/aromatic N) is 2. The number of aryl methyl sites for hydroxylation is 2.